The van der Waals surface area contributed by atoms with Gasteiger partial charge in [0, 0.05) is 6.42 Å². The standard InChI is InChI=1S/C6H13FO7P2/c1-6(4-13-6)2-3-14-16(11,12)5(7)15(8,9)10/h5H,2-4H2,1H3,(H,11,12)(H2,8,9,10). The molecule has 0 aromatic carbocycles. The lowest BCUT2D eigenvalue weighted by Crippen LogP contribution is -2.11. The van der Waals surface area contributed by atoms with E-state index in [1.54, 1.807) is 6.92 Å². The maximum Gasteiger partial charge on any atom is 0.374 e. The highest BCUT2D eigenvalue weighted by Crippen LogP contribution is 2.63. The third kappa shape index (κ3) is 3.89. The Kier molecular flexibility index (Phi) is 3.97. The van der Waals surface area contributed by atoms with E-state index < -0.39 is 26.4 Å². The Bertz CT molecular complexity index is 349. The van der Waals surface area contributed by atoms with Crippen molar-refractivity contribution < 1.29 is 37.5 Å². The van der Waals surface area contributed by atoms with Gasteiger partial charge in [0.25, 0.3) is 5.65 Å². The van der Waals surface area contributed by atoms with Crippen LogP contribution in [-0.4, -0.2) is 39.1 Å². The van der Waals surface area contributed by atoms with Crippen LogP contribution in [0.1, 0.15) is 13.3 Å². The first-order valence-electron chi connectivity index (χ1n) is 4.37. The lowest BCUT2D eigenvalue weighted by atomic mass is 10.1. The number of rotatable bonds is 6. The molecule has 0 radical (unpaired) electrons. The second kappa shape index (κ2) is 4.46. The summed E-state index contributed by atoms with van der Waals surface area (Å²) in [6, 6.07) is 0. The summed E-state index contributed by atoms with van der Waals surface area (Å²) in [4.78, 5) is 25.7. The molecule has 0 aliphatic carbocycles. The zero-order valence-corrected chi connectivity index (χ0v) is 10.2. The molecule has 0 saturated carbocycles. The van der Waals surface area contributed by atoms with Crippen LogP contribution in [0.2, 0.25) is 0 Å². The molecule has 0 aromatic rings. The average molecular weight is 278 g/mol. The molecule has 0 amide bonds. The van der Waals surface area contributed by atoms with E-state index in [1.165, 1.54) is 0 Å². The molecule has 1 rings (SSSR count). The predicted octanol–water partition coefficient (Wildman–Crippen LogP) is 0.798. The summed E-state index contributed by atoms with van der Waals surface area (Å²) in [5, 5.41) is 0. The minimum atomic E-state index is -5.28. The molecule has 0 bridgehead atoms. The van der Waals surface area contributed by atoms with Crippen LogP contribution >= 0.6 is 15.2 Å². The molecule has 1 fully saturated rings. The van der Waals surface area contributed by atoms with E-state index in [4.69, 9.17) is 19.4 Å². The fraction of sp³-hybridized carbons (Fsp3) is 1.00. The molecule has 1 aliphatic heterocycles. The number of ether oxygens (including phenoxy) is 1. The monoisotopic (exact) mass is 278 g/mol. The normalized spacial score (nSPS) is 30.8. The molecule has 1 saturated heterocycles. The van der Waals surface area contributed by atoms with Crippen molar-refractivity contribution in [1.82, 2.24) is 0 Å². The van der Waals surface area contributed by atoms with Gasteiger partial charge in [0.2, 0.25) is 0 Å². The van der Waals surface area contributed by atoms with Crippen molar-refractivity contribution in [1.29, 1.82) is 0 Å². The van der Waals surface area contributed by atoms with Gasteiger partial charge < -0.3 is 23.9 Å². The fourth-order valence-corrected chi connectivity index (χ4v) is 3.11. The number of hydrogen-bond donors (Lipinski definition) is 3. The molecule has 3 atom stereocenters. The van der Waals surface area contributed by atoms with Crippen LogP contribution in [0.25, 0.3) is 0 Å². The van der Waals surface area contributed by atoms with Gasteiger partial charge >= 0.3 is 15.2 Å². The lowest BCUT2D eigenvalue weighted by molar-refractivity contribution is 0.200. The number of hydrogen-bond acceptors (Lipinski definition) is 4. The highest BCUT2D eigenvalue weighted by Gasteiger charge is 2.47. The number of alkyl halides is 1. The Hall–Kier alpha value is 0.190. The average Bonchev–Trinajstić information content (AvgIpc) is 2.80. The van der Waals surface area contributed by atoms with Gasteiger partial charge in [-0.1, -0.05) is 0 Å². The Labute approximate surface area is 91.3 Å². The van der Waals surface area contributed by atoms with Gasteiger partial charge in [0.1, 0.15) is 0 Å². The minimum Gasteiger partial charge on any atom is -0.370 e. The molecule has 16 heavy (non-hydrogen) atoms. The van der Waals surface area contributed by atoms with Crippen LogP contribution in [0.5, 0.6) is 0 Å². The number of epoxide rings is 1. The van der Waals surface area contributed by atoms with Crippen LogP contribution < -0.4 is 0 Å². The van der Waals surface area contributed by atoms with Gasteiger partial charge in [0.15, 0.2) is 0 Å². The summed E-state index contributed by atoms with van der Waals surface area (Å²) < 4.78 is 43.7. The van der Waals surface area contributed by atoms with Crippen molar-refractivity contribution in [3.8, 4) is 0 Å². The Morgan fingerprint density at radius 1 is 1.50 bits per heavy atom. The van der Waals surface area contributed by atoms with E-state index in [0.29, 0.717) is 6.61 Å². The lowest BCUT2D eigenvalue weighted by Gasteiger charge is -2.17. The third-order valence-electron chi connectivity index (χ3n) is 2.09. The second-order valence-electron chi connectivity index (χ2n) is 3.79. The Morgan fingerprint density at radius 2 is 2.00 bits per heavy atom. The van der Waals surface area contributed by atoms with E-state index >= 15 is 0 Å². The maximum atomic E-state index is 12.9. The van der Waals surface area contributed by atoms with Crippen molar-refractivity contribution in [2.45, 2.75) is 24.6 Å². The summed E-state index contributed by atoms with van der Waals surface area (Å²) >= 11 is 0. The van der Waals surface area contributed by atoms with Crippen LogP contribution in [0.3, 0.4) is 0 Å². The predicted molar refractivity (Wildman–Crippen MR) is 51.7 cm³/mol. The van der Waals surface area contributed by atoms with E-state index in [0.717, 1.165) is 0 Å². The van der Waals surface area contributed by atoms with Crippen molar-refractivity contribution >= 4 is 15.2 Å². The Morgan fingerprint density at radius 3 is 2.38 bits per heavy atom. The molecule has 1 heterocycles. The smallest absolute Gasteiger partial charge is 0.370 e. The molecule has 3 unspecified atom stereocenters. The summed E-state index contributed by atoms with van der Waals surface area (Å²) in [5.41, 5.74) is -3.64. The van der Waals surface area contributed by atoms with Crippen LogP contribution in [0.4, 0.5) is 4.39 Å². The number of halogens is 1. The van der Waals surface area contributed by atoms with E-state index in [9.17, 15) is 13.5 Å². The van der Waals surface area contributed by atoms with Gasteiger partial charge in [-0.2, -0.15) is 0 Å². The topological polar surface area (TPSA) is 117 Å². The molecule has 1 aliphatic rings. The molecule has 10 heteroatoms. The molecule has 96 valence electrons. The highest BCUT2D eigenvalue weighted by atomic mass is 31.2. The first-order chi connectivity index (χ1) is 7.07. The van der Waals surface area contributed by atoms with Crippen LogP contribution in [0.15, 0.2) is 0 Å². The summed E-state index contributed by atoms with van der Waals surface area (Å²) in [6.07, 6.45) is 0.255. The summed E-state index contributed by atoms with van der Waals surface area (Å²) in [5.74, 6) is 0. The van der Waals surface area contributed by atoms with Gasteiger partial charge in [-0.25, -0.2) is 4.39 Å². The van der Waals surface area contributed by atoms with E-state index in [2.05, 4.69) is 4.52 Å². The van der Waals surface area contributed by atoms with Gasteiger partial charge in [-0.3, -0.25) is 9.13 Å². The van der Waals surface area contributed by atoms with Crippen molar-refractivity contribution in [2.24, 2.45) is 0 Å². The van der Waals surface area contributed by atoms with E-state index in [1.807, 2.05) is 0 Å². The van der Waals surface area contributed by atoms with Crippen molar-refractivity contribution in [3.63, 3.8) is 0 Å². The largest absolute Gasteiger partial charge is 0.374 e. The minimum absolute atomic E-state index is 0.255. The quantitative estimate of drug-likeness (QED) is 0.486. The SMILES string of the molecule is CC1(CCOP(=O)(O)C(F)P(=O)(O)O)CO1. The summed E-state index contributed by atoms with van der Waals surface area (Å²) in [7, 11) is -10.2. The van der Waals surface area contributed by atoms with Gasteiger partial charge in [0.05, 0.1) is 18.8 Å². The zero-order valence-electron chi connectivity index (χ0n) is 8.45. The Balaban J connectivity index is 2.45. The fourth-order valence-electron chi connectivity index (χ4n) is 0.911. The molecular formula is C6H13FO7P2. The molecule has 0 aromatic heterocycles. The maximum absolute atomic E-state index is 12.9. The molecular weight excluding hydrogens is 265 g/mol. The van der Waals surface area contributed by atoms with Crippen LogP contribution in [0, 0.1) is 0 Å². The molecule has 3 N–H and O–H groups in total. The molecule has 0 spiro atoms. The van der Waals surface area contributed by atoms with Crippen molar-refractivity contribution in [3.05, 3.63) is 0 Å². The first kappa shape index (κ1) is 14.3. The second-order valence-corrected chi connectivity index (χ2v) is 7.66. The van der Waals surface area contributed by atoms with Gasteiger partial charge in [-0.05, 0) is 6.92 Å². The van der Waals surface area contributed by atoms with E-state index in [-0.39, 0.29) is 13.0 Å². The van der Waals surface area contributed by atoms with Crippen molar-refractivity contribution in [2.75, 3.05) is 13.2 Å². The highest BCUT2D eigenvalue weighted by molar-refractivity contribution is 7.70. The van der Waals surface area contributed by atoms with Gasteiger partial charge in [-0.15, -0.1) is 0 Å². The molecule has 7 nitrogen and oxygen atoms in total. The first-order valence-corrected chi connectivity index (χ1v) is 7.70. The zero-order chi connectivity index (χ0) is 12.6. The van der Waals surface area contributed by atoms with Crippen LogP contribution in [-0.2, 0) is 18.4 Å². The third-order valence-corrected chi connectivity index (χ3v) is 5.52. The summed E-state index contributed by atoms with van der Waals surface area (Å²) in [6.45, 7) is 1.91.